The van der Waals surface area contributed by atoms with Gasteiger partial charge < -0.3 is 9.64 Å². The number of nitrogens with zero attached hydrogens (tertiary/aromatic N) is 4. The van der Waals surface area contributed by atoms with Gasteiger partial charge in [-0.1, -0.05) is 96.0 Å². The standard InChI is InChI=1S/C54H56N4O/c1-31(2)35-23-37(51-56-49-26-36-21-33(4)20-34(5)42(36)30-54(49,11)59-51)25-39(24-35)57-46-15-13-12-14-43(46)53(9,10)44-28-41-40-22-32(3)16-17-45(40)58(47(41)29-48(44)57)50-27-38(18-19-55-50)52(6,7)8/h12-25,27-29,31,49H,26,30H2,1-11H3/t49-,54-/m0/s1/i26D2. The maximum Gasteiger partial charge on any atom is 0.217 e. The second-order valence-corrected chi connectivity index (χ2v) is 19.5. The van der Waals surface area contributed by atoms with E-state index in [-0.39, 0.29) is 16.7 Å². The first-order chi connectivity index (χ1) is 28.8. The summed E-state index contributed by atoms with van der Waals surface area (Å²) in [5.41, 5.74) is 15.2. The molecule has 2 aliphatic heterocycles. The summed E-state index contributed by atoms with van der Waals surface area (Å²) in [6.07, 6.45) is 0.849. The average Bonchev–Trinajstić information content (AvgIpc) is 3.73. The fourth-order valence-corrected chi connectivity index (χ4v) is 9.95. The van der Waals surface area contributed by atoms with Crippen molar-refractivity contribution in [3.63, 3.8) is 0 Å². The molecule has 1 aliphatic carbocycles. The Bertz CT molecular complexity index is 3020. The van der Waals surface area contributed by atoms with Crippen molar-refractivity contribution in [1.82, 2.24) is 9.55 Å². The van der Waals surface area contributed by atoms with Gasteiger partial charge in [-0.3, -0.25) is 4.57 Å². The van der Waals surface area contributed by atoms with Crippen LogP contribution in [0.2, 0.25) is 0 Å². The number of hydrogen-bond acceptors (Lipinski definition) is 4. The van der Waals surface area contributed by atoms with Crippen LogP contribution in [-0.4, -0.2) is 27.1 Å². The van der Waals surface area contributed by atoms with Gasteiger partial charge in [0.25, 0.3) is 0 Å². The molecule has 3 aliphatic rings. The lowest BCUT2D eigenvalue weighted by atomic mass is 9.73. The van der Waals surface area contributed by atoms with Crippen LogP contribution >= 0.6 is 0 Å². The van der Waals surface area contributed by atoms with Crippen LogP contribution in [0.4, 0.5) is 17.1 Å². The number of para-hydroxylation sites is 1. The van der Waals surface area contributed by atoms with Gasteiger partial charge >= 0.3 is 0 Å². The van der Waals surface area contributed by atoms with Gasteiger partial charge in [0.1, 0.15) is 11.4 Å². The van der Waals surface area contributed by atoms with Gasteiger partial charge in [-0.2, -0.15) is 0 Å². The van der Waals surface area contributed by atoms with Gasteiger partial charge in [-0.05, 0) is 145 Å². The molecule has 0 amide bonds. The number of pyridine rings is 1. The largest absolute Gasteiger partial charge is 0.468 e. The summed E-state index contributed by atoms with van der Waals surface area (Å²) in [5.74, 6) is 1.62. The van der Waals surface area contributed by atoms with Crippen LogP contribution in [0, 0.1) is 20.8 Å². The van der Waals surface area contributed by atoms with Crippen LogP contribution < -0.4 is 4.90 Å². The molecule has 298 valence electrons. The predicted molar refractivity (Wildman–Crippen MR) is 246 cm³/mol. The normalized spacial score (nSPS) is 20.7. The molecule has 7 aromatic rings. The molecule has 5 aromatic carbocycles. The highest BCUT2D eigenvalue weighted by atomic mass is 16.5. The molecular weight excluding hydrogens is 721 g/mol. The number of rotatable bonds is 4. The molecule has 0 bridgehead atoms. The molecule has 0 N–H and O–H groups in total. The third-order valence-electron chi connectivity index (χ3n) is 13.3. The summed E-state index contributed by atoms with van der Waals surface area (Å²) >= 11 is 0. The topological polar surface area (TPSA) is 42.6 Å². The molecule has 5 nitrogen and oxygen atoms in total. The third-order valence-corrected chi connectivity index (χ3v) is 13.3. The van der Waals surface area contributed by atoms with Gasteiger partial charge in [0.15, 0.2) is 0 Å². The molecule has 0 saturated carbocycles. The van der Waals surface area contributed by atoms with Crippen molar-refractivity contribution >= 4 is 44.8 Å². The third kappa shape index (κ3) is 5.86. The zero-order chi connectivity index (χ0) is 43.1. The molecule has 0 unspecified atom stereocenters. The Morgan fingerprint density at radius 2 is 1.58 bits per heavy atom. The van der Waals surface area contributed by atoms with Crippen molar-refractivity contribution in [3.8, 4) is 5.82 Å². The molecule has 10 rings (SSSR count). The van der Waals surface area contributed by atoms with E-state index in [0.29, 0.717) is 12.3 Å². The number of aryl methyl sites for hydroxylation is 3. The molecule has 0 radical (unpaired) electrons. The van der Waals surface area contributed by atoms with Crippen LogP contribution in [0.15, 0.2) is 108 Å². The lowest BCUT2D eigenvalue weighted by Crippen LogP contribution is -2.44. The number of aromatic nitrogens is 2. The van der Waals surface area contributed by atoms with Crippen LogP contribution in [0.25, 0.3) is 27.6 Å². The van der Waals surface area contributed by atoms with E-state index in [1.165, 1.54) is 33.0 Å². The minimum Gasteiger partial charge on any atom is -0.468 e. The van der Waals surface area contributed by atoms with E-state index in [1.54, 1.807) is 0 Å². The average molecular weight is 779 g/mol. The maximum absolute atomic E-state index is 9.52. The van der Waals surface area contributed by atoms with Crippen molar-refractivity contribution in [1.29, 1.82) is 0 Å². The van der Waals surface area contributed by atoms with Gasteiger partial charge in [0.05, 0.1) is 28.5 Å². The highest BCUT2D eigenvalue weighted by molar-refractivity contribution is 6.12. The van der Waals surface area contributed by atoms with Crippen molar-refractivity contribution in [2.45, 2.75) is 117 Å². The monoisotopic (exact) mass is 778 g/mol. The Morgan fingerprint density at radius 1 is 0.797 bits per heavy atom. The predicted octanol–water partition coefficient (Wildman–Crippen LogP) is 13.3. The fourth-order valence-electron chi connectivity index (χ4n) is 9.95. The number of anilines is 3. The van der Waals surface area contributed by atoms with Gasteiger partial charge in [-0.15, -0.1) is 0 Å². The minimum absolute atomic E-state index is 0.0385. The summed E-state index contributed by atoms with van der Waals surface area (Å²) in [6.45, 7) is 24.2. The summed E-state index contributed by atoms with van der Waals surface area (Å²) in [4.78, 5) is 12.6. The second-order valence-electron chi connectivity index (χ2n) is 19.5. The molecule has 0 saturated heterocycles. The lowest BCUT2D eigenvalue weighted by molar-refractivity contribution is 0.0701. The molecule has 59 heavy (non-hydrogen) atoms. The molecular formula is C54H56N4O. The summed E-state index contributed by atoms with van der Waals surface area (Å²) in [6, 6.07) is 35.0. The van der Waals surface area contributed by atoms with Crippen LogP contribution in [0.5, 0.6) is 0 Å². The van der Waals surface area contributed by atoms with Crippen molar-refractivity contribution < 1.29 is 7.48 Å². The first kappa shape index (κ1) is 35.3. The van der Waals surface area contributed by atoms with Gasteiger partial charge in [-0.25, -0.2) is 9.98 Å². The van der Waals surface area contributed by atoms with E-state index in [2.05, 4.69) is 163 Å². The first-order valence-electron chi connectivity index (χ1n) is 22.2. The highest BCUT2D eigenvalue weighted by Crippen LogP contribution is 2.54. The SMILES string of the molecule is [2H]C1([2H])c2cc(C)cc(C)c2C[C@]2(C)OC(c3cc(C(C)C)cc(N4c5ccccc5C(C)(C)c5cc6c7cc(C)ccc7n(-c7cc(C(C)(C)C)ccn7)c6cc54)c3)=N[C@@H]12. The molecule has 2 atom stereocenters. The Labute approximate surface area is 352 Å². The van der Waals surface area contributed by atoms with Crippen LogP contribution in [0.3, 0.4) is 0 Å². The minimum atomic E-state index is -1.70. The first-order valence-corrected chi connectivity index (χ1v) is 21.2. The second kappa shape index (κ2) is 12.9. The number of aliphatic imine (C=N–C) groups is 1. The molecule has 2 aromatic heterocycles. The highest BCUT2D eigenvalue weighted by Gasteiger charge is 2.47. The van der Waals surface area contributed by atoms with Crippen molar-refractivity contribution in [2.75, 3.05) is 4.90 Å². The van der Waals surface area contributed by atoms with E-state index in [9.17, 15) is 2.74 Å². The van der Waals surface area contributed by atoms with E-state index in [4.69, 9.17) is 14.7 Å². The quantitative estimate of drug-likeness (QED) is 0.179. The number of fused-ring (bicyclic) bond motifs is 7. The summed E-state index contributed by atoms with van der Waals surface area (Å²) in [5, 5.41) is 2.42. The molecule has 0 spiro atoms. The van der Waals surface area contributed by atoms with Crippen molar-refractivity contribution in [2.24, 2.45) is 4.99 Å². The Morgan fingerprint density at radius 3 is 2.36 bits per heavy atom. The Balaban J connectivity index is 1.20. The number of benzene rings is 5. The number of hydrogen-bond donors (Lipinski definition) is 0. The van der Waals surface area contributed by atoms with E-state index >= 15 is 0 Å². The maximum atomic E-state index is 9.52. The summed E-state index contributed by atoms with van der Waals surface area (Å²) < 4.78 is 28.3. The van der Waals surface area contributed by atoms with E-state index in [1.807, 2.05) is 26.1 Å². The Kier molecular flexibility index (Phi) is 7.72. The zero-order valence-electron chi connectivity index (χ0n) is 38.4. The van der Waals surface area contributed by atoms with Crippen LogP contribution in [-0.2, 0) is 28.4 Å². The Hall–Kier alpha value is -5.68. The number of ether oxygens (including phenoxy) is 1. The fraction of sp³-hybridized carbons (Fsp3) is 0.333. The molecule has 4 heterocycles. The van der Waals surface area contributed by atoms with E-state index < -0.39 is 18.0 Å². The molecule has 5 heteroatoms. The van der Waals surface area contributed by atoms with E-state index in [0.717, 1.165) is 67.3 Å². The smallest absolute Gasteiger partial charge is 0.217 e. The van der Waals surface area contributed by atoms with Gasteiger partial charge in [0.2, 0.25) is 5.90 Å². The summed E-state index contributed by atoms with van der Waals surface area (Å²) in [7, 11) is 0. The van der Waals surface area contributed by atoms with Gasteiger partial charge in [0, 0.05) is 42.8 Å². The lowest BCUT2D eigenvalue weighted by Gasteiger charge is -2.42. The van der Waals surface area contributed by atoms with Crippen LogP contribution in [0.1, 0.15) is 120 Å². The molecule has 0 fully saturated rings. The van der Waals surface area contributed by atoms with Crippen molar-refractivity contribution in [3.05, 3.63) is 159 Å². The zero-order valence-corrected chi connectivity index (χ0v) is 36.4.